The highest BCUT2D eigenvalue weighted by Crippen LogP contribution is 2.35. The number of hydrogen-bond acceptors (Lipinski definition) is 3. The monoisotopic (exact) mass is 361 g/mol. The molecule has 0 atom stereocenters. The first-order chi connectivity index (χ1) is 11.2. The lowest BCUT2D eigenvalue weighted by atomic mass is 10.3. The van der Waals surface area contributed by atoms with Crippen LogP contribution in [0.25, 0.3) is 0 Å². The summed E-state index contributed by atoms with van der Waals surface area (Å²) < 4.78 is 44.5. The maximum absolute atomic E-state index is 12.8. The quantitative estimate of drug-likeness (QED) is 0.878. The van der Waals surface area contributed by atoms with E-state index < -0.39 is 22.8 Å². The van der Waals surface area contributed by atoms with E-state index in [-0.39, 0.29) is 12.2 Å². The molecule has 0 aliphatic carbocycles. The van der Waals surface area contributed by atoms with Crippen LogP contribution in [0.3, 0.4) is 0 Å². The standard InChI is InChI=1S/C15H15ClF3N3O2/c1-3-24-11-6-4-10(5-7-11)20-12(23)8-22-9(2)13(16)14(21-22)15(17,18)19/h4-7H,3,8H2,1-2H3,(H,20,23). The SMILES string of the molecule is CCOc1ccc(NC(=O)Cn2nc(C(F)(F)F)c(Cl)c2C)cc1. The lowest BCUT2D eigenvalue weighted by Gasteiger charge is -2.08. The van der Waals surface area contributed by atoms with Crippen LogP contribution >= 0.6 is 11.6 Å². The molecular formula is C15H15ClF3N3O2. The van der Waals surface area contributed by atoms with Gasteiger partial charge in [0.2, 0.25) is 5.91 Å². The molecule has 2 aromatic rings. The average Bonchev–Trinajstić information content (AvgIpc) is 2.78. The molecule has 0 saturated heterocycles. The van der Waals surface area contributed by atoms with Gasteiger partial charge in [0.25, 0.3) is 0 Å². The van der Waals surface area contributed by atoms with Gasteiger partial charge < -0.3 is 10.1 Å². The molecule has 1 aromatic heterocycles. The van der Waals surface area contributed by atoms with E-state index in [2.05, 4.69) is 10.4 Å². The predicted octanol–water partition coefficient (Wildman–Crippen LogP) is 3.90. The van der Waals surface area contributed by atoms with Crippen LogP contribution in [-0.2, 0) is 17.5 Å². The topological polar surface area (TPSA) is 56.1 Å². The summed E-state index contributed by atoms with van der Waals surface area (Å²) in [5, 5.41) is 5.45. The van der Waals surface area contributed by atoms with Crippen LogP contribution in [-0.4, -0.2) is 22.3 Å². The zero-order valence-corrected chi connectivity index (χ0v) is 13.7. The molecule has 130 valence electrons. The predicted molar refractivity (Wildman–Crippen MR) is 83.2 cm³/mol. The maximum atomic E-state index is 12.8. The maximum Gasteiger partial charge on any atom is 0.436 e. The Kier molecular flexibility index (Phi) is 5.38. The van der Waals surface area contributed by atoms with E-state index in [4.69, 9.17) is 16.3 Å². The molecule has 24 heavy (non-hydrogen) atoms. The van der Waals surface area contributed by atoms with E-state index in [1.807, 2.05) is 6.92 Å². The molecule has 2 rings (SSSR count). The Labute approximate surface area is 141 Å². The molecule has 0 saturated carbocycles. The minimum atomic E-state index is -4.67. The van der Waals surface area contributed by atoms with E-state index in [1.165, 1.54) is 6.92 Å². The van der Waals surface area contributed by atoms with Gasteiger partial charge in [-0.1, -0.05) is 11.6 Å². The van der Waals surface area contributed by atoms with Crippen LogP contribution < -0.4 is 10.1 Å². The molecule has 0 aliphatic heterocycles. The molecule has 5 nitrogen and oxygen atoms in total. The number of amides is 1. The van der Waals surface area contributed by atoms with Crippen molar-refractivity contribution >= 4 is 23.2 Å². The Hall–Kier alpha value is -2.22. The zero-order chi connectivity index (χ0) is 17.9. The molecular weight excluding hydrogens is 347 g/mol. The van der Waals surface area contributed by atoms with Crippen molar-refractivity contribution in [1.29, 1.82) is 0 Å². The van der Waals surface area contributed by atoms with Crippen LogP contribution in [0.4, 0.5) is 18.9 Å². The molecule has 0 unspecified atom stereocenters. The first kappa shape index (κ1) is 18.1. The lowest BCUT2D eigenvalue weighted by Crippen LogP contribution is -2.20. The number of aromatic nitrogens is 2. The van der Waals surface area contributed by atoms with Crippen molar-refractivity contribution in [1.82, 2.24) is 9.78 Å². The second-order valence-corrected chi connectivity index (χ2v) is 5.29. The summed E-state index contributed by atoms with van der Waals surface area (Å²) >= 11 is 5.64. The smallest absolute Gasteiger partial charge is 0.436 e. The summed E-state index contributed by atoms with van der Waals surface area (Å²) in [5.74, 6) is 0.134. The van der Waals surface area contributed by atoms with Crippen molar-refractivity contribution in [3.63, 3.8) is 0 Å². The number of nitrogens with zero attached hydrogens (tertiary/aromatic N) is 2. The summed E-state index contributed by atoms with van der Waals surface area (Å²) in [5.41, 5.74) is -0.628. The highest BCUT2D eigenvalue weighted by molar-refractivity contribution is 6.32. The third-order valence-electron chi connectivity index (χ3n) is 3.14. The summed E-state index contributed by atoms with van der Waals surface area (Å²) in [4.78, 5) is 12.0. The highest BCUT2D eigenvalue weighted by Gasteiger charge is 2.38. The highest BCUT2D eigenvalue weighted by atomic mass is 35.5. The van der Waals surface area contributed by atoms with Gasteiger partial charge in [-0.25, -0.2) is 0 Å². The van der Waals surface area contributed by atoms with Crippen LogP contribution in [0.1, 0.15) is 18.3 Å². The number of rotatable bonds is 5. The molecule has 1 heterocycles. The van der Waals surface area contributed by atoms with Crippen molar-refractivity contribution in [2.75, 3.05) is 11.9 Å². The van der Waals surface area contributed by atoms with Crippen LogP contribution in [0, 0.1) is 6.92 Å². The van der Waals surface area contributed by atoms with Gasteiger partial charge >= 0.3 is 6.18 Å². The number of alkyl halides is 3. The van der Waals surface area contributed by atoms with Crippen molar-refractivity contribution in [3.05, 3.63) is 40.7 Å². The molecule has 0 bridgehead atoms. The molecule has 9 heteroatoms. The van der Waals surface area contributed by atoms with E-state index in [1.54, 1.807) is 24.3 Å². The minimum Gasteiger partial charge on any atom is -0.494 e. The van der Waals surface area contributed by atoms with Crippen molar-refractivity contribution < 1.29 is 22.7 Å². The number of hydrogen-bond donors (Lipinski definition) is 1. The van der Waals surface area contributed by atoms with Gasteiger partial charge in [0.1, 0.15) is 12.3 Å². The first-order valence-electron chi connectivity index (χ1n) is 7.05. The first-order valence-corrected chi connectivity index (χ1v) is 7.43. The largest absolute Gasteiger partial charge is 0.494 e. The third-order valence-corrected chi connectivity index (χ3v) is 3.60. The molecule has 1 aromatic carbocycles. The summed E-state index contributed by atoms with van der Waals surface area (Å²) in [7, 11) is 0. The minimum absolute atomic E-state index is 0.0748. The second kappa shape index (κ2) is 7.12. The van der Waals surface area contributed by atoms with Crippen molar-refractivity contribution in [2.24, 2.45) is 0 Å². The molecule has 0 aliphatic rings. The zero-order valence-electron chi connectivity index (χ0n) is 12.9. The van der Waals surface area contributed by atoms with Gasteiger partial charge in [-0.15, -0.1) is 0 Å². The summed E-state index contributed by atoms with van der Waals surface area (Å²) in [6.45, 7) is 3.36. The lowest BCUT2D eigenvalue weighted by molar-refractivity contribution is -0.141. The van der Waals surface area contributed by atoms with E-state index in [9.17, 15) is 18.0 Å². The Morgan fingerprint density at radius 2 is 1.96 bits per heavy atom. The van der Waals surface area contributed by atoms with Gasteiger partial charge in [0.05, 0.1) is 17.3 Å². The van der Waals surface area contributed by atoms with Gasteiger partial charge in [0.15, 0.2) is 5.69 Å². The molecule has 0 fully saturated rings. The Bertz CT molecular complexity index is 727. The van der Waals surface area contributed by atoms with E-state index >= 15 is 0 Å². The normalized spacial score (nSPS) is 11.4. The fraction of sp³-hybridized carbons (Fsp3) is 0.333. The van der Waals surface area contributed by atoms with Crippen molar-refractivity contribution in [2.45, 2.75) is 26.6 Å². The Balaban J connectivity index is 2.07. The second-order valence-electron chi connectivity index (χ2n) is 4.91. The number of ether oxygens (including phenoxy) is 1. The molecule has 0 radical (unpaired) electrons. The van der Waals surface area contributed by atoms with Gasteiger partial charge in [-0.2, -0.15) is 18.3 Å². The van der Waals surface area contributed by atoms with E-state index in [0.717, 1.165) is 4.68 Å². The fourth-order valence-electron chi connectivity index (χ4n) is 2.00. The number of carbonyl (C=O) groups is 1. The third kappa shape index (κ3) is 4.19. The number of carbonyl (C=O) groups excluding carboxylic acids is 1. The summed E-state index contributed by atoms with van der Waals surface area (Å²) in [6, 6.07) is 6.62. The average molecular weight is 362 g/mol. The summed E-state index contributed by atoms with van der Waals surface area (Å²) in [6.07, 6.45) is -4.67. The van der Waals surface area contributed by atoms with Gasteiger partial charge in [-0.3, -0.25) is 9.48 Å². The number of benzene rings is 1. The van der Waals surface area contributed by atoms with E-state index in [0.29, 0.717) is 18.0 Å². The fourth-order valence-corrected chi connectivity index (χ4v) is 2.24. The Morgan fingerprint density at radius 1 is 1.33 bits per heavy atom. The van der Waals surface area contributed by atoms with Crippen molar-refractivity contribution in [3.8, 4) is 5.75 Å². The van der Waals surface area contributed by atoms with Crippen LogP contribution in [0.2, 0.25) is 5.02 Å². The van der Waals surface area contributed by atoms with Gasteiger partial charge in [-0.05, 0) is 38.1 Å². The molecule has 1 N–H and O–H groups in total. The number of nitrogens with one attached hydrogen (secondary N) is 1. The Morgan fingerprint density at radius 3 is 2.46 bits per heavy atom. The van der Waals surface area contributed by atoms with Gasteiger partial charge in [0, 0.05) is 5.69 Å². The molecule has 0 spiro atoms. The molecule has 1 amide bonds. The van der Waals surface area contributed by atoms with Crippen LogP contribution in [0.5, 0.6) is 5.75 Å². The number of halogens is 4. The van der Waals surface area contributed by atoms with Crippen LogP contribution in [0.15, 0.2) is 24.3 Å². The number of anilines is 1.